The standard InChI is InChI=1S/C12H13Cl5N2O/c1-2-4-9(20)19-11(12(15,16)17)18-8-6-3-5-7(13)10(8)14/h3,5-6,11,18H,2,4H2,1H3,(H,19,20). The first-order valence-electron chi connectivity index (χ1n) is 5.82. The minimum Gasteiger partial charge on any atom is -0.361 e. The topological polar surface area (TPSA) is 41.1 Å². The molecular weight excluding hydrogens is 365 g/mol. The number of hydrogen-bond donors (Lipinski definition) is 2. The molecule has 0 spiro atoms. The number of amides is 1. The molecule has 8 heteroatoms. The average Bonchev–Trinajstić information content (AvgIpc) is 2.33. The Hall–Kier alpha value is -0.0600. The average molecular weight is 379 g/mol. The summed E-state index contributed by atoms with van der Waals surface area (Å²) in [6, 6.07) is 5.00. The van der Waals surface area contributed by atoms with Crippen LogP contribution < -0.4 is 10.6 Å². The van der Waals surface area contributed by atoms with Crippen LogP contribution in [0.5, 0.6) is 0 Å². The predicted octanol–water partition coefficient (Wildman–Crippen LogP) is 5.02. The van der Waals surface area contributed by atoms with Crippen LogP contribution >= 0.6 is 58.0 Å². The molecule has 0 bridgehead atoms. The van der Waals surface area contributed by atoms with E-state index < -0.39 is 9.96 Å². The van der Waals surface area contributed by atoms with Crippen molar-refractivity contribution in [2.45, 2.75) is 29.7 Å². The lowest BCUT2D eigenvalue weighted by Crippen LogP contribution is -2.49. The van der Waals surface area contributed by atoms with Crippen molar-refractivity contribution in [3.8, 4) is 0 Å². The van der Waals surface area contributed by atoms with Gasteiger partial charge in [-0.3, -0.25) is 4.79 Å². The van der Waals surface area contributed by atoms with Gasteiger partial charge in [0.1, 0.15) is 6.17 Å². The fraction of sp³-hybridized carbons (Fsp3) is 0.417. The van der Waals surface area contributed by atoms with E-state index in [0.717, 1.165) is 0 Å². The highest BCUT2D eigenvalue weighted by molar-refractivity contribution is 6.68. The molecule has 0 saturated heterocycles. The number of rotatable bonds is 5. The molecule has 0 fully saturated rings. The second kappa shape index (κ2) is 7.81. The summed E-state index contributed by atoms with van der Waals surface area (Å²) in [4.78, 5) is 11.7. The van der Waals surface area contributed by atoms with Crippen molar-refractivity contribution in [1.29, 1.82) is 0 Å². The van der Waals surface area contributed by atoms with Crippen LogP contribution in [0.3, 0.4) is 0 Å². The number of nitrogens with one attached hydrogen (secondary N) is 2. The molecule has 0 heterocycles. The molecule has 1 amide bonds. The summed E-state index contributed by atoms with van der Waals surface area (Å²) in [5.74, 6) is -0.227. The van der Waals surface area contributed by atoms with Crippen LogP contribution in [-0.2, 0) is 4.79 Å². The Morgan fingerprint density at radius 1 is 1.30 bits per heavy atom. The Bertz CT molecular complexity index is 475. The molecule has 1 aromatic carbocycles. The Labute approximate surface area is 142 Å². The van der Waals surface area contributed by atoms with E-state index in [9.17, 15) is 4.79 Å². The Kier molecular flexibility index (Phi) is 7.02. The molecule has 1 unspecified atom stereocenters. The first-order chi connectivity index (χ1) is 9.25. The number of halogens is 5. The van der Waals surface area contributed by atoms with Gasteiger partial charge in [0, 0.05) is 6.42 Å². The first kappa shape index (κ1) is 18.0. The van der Waals surface area contributed by atoms with Gasteiger partial charge in [0.05, 0.1) is 15.7 Å². The van der Waals surface area contributed by atoms with Crippen LogP contribution in [0.1, 0.15) is 19.8 Å². The van der Waals surface area contributed by atoms with Gasteiger partial charge in [-0.25, -0.2) is 0 Å². The van der Waals surface area contributed by atoms with Gasteiger partial charge in [-0.1, -0.05) is 71.0 Å². The van der Waals surface area contributed by atoms with E-state index in [1.54, 1.807) is 18.2 Å². The van der Waals surface area contributed by atoms with Crippen molar-refractivity contribution in [2.24, 2.45) is 0 Å². The molecule has 0 aliphatic rings. The van der Waals surface area contributed by atoms with E-state index in [-0.39, 0.29) is 10.9 Å². The maximum atomic E-state index is 11.7. The number of anilines is 1. The number of benzene rings is 1. The second-order valence-electron chi connectivity index (χ2n) is 4.04. The van der Waals surface area contributed by atoms with Crippen molar-refractivity contribution in [3.05, 3.63) is 28.2 Å². The third kappa shape index (κ3) is 5.38. The highest BCUT2D eigenvalue weighted by Crippen LogP contribution is 2.35. The molecule has 0 saturated carbocycles. The highest BCUT2D eigenvalue weighted by Gasteiger charge is 2.34. The largest absolute Gasteiger partial charge is 0.361 e. The summed E-state index contributed by atoms with van der Waals surface area (Å²) in [5.41, 5.74) is 0.465. The third-order valence-corrected chi connectivity index (χ3v) is 3.83. The van der Waals surface area contributed by atoms with E-state index >= 15 is 0 Å². The zero-order chi connectivity index (χ0) is 15.3. The molecule has 1 atom stereocenters. The van der Waals surface area contributed by atoms with Crippen LogP contribution in [0.25, 0.3) is 0 Å². The molecule has 1 aromatic rings. The van der Waals surface area contributed by atoms with Gasteiger partial charge in [0.2, 0.25) is 9.70 Å². The third-order valence-electron chi connectivity index (χ3n) is 2.36. The lowest BCUT2D eigenvalue weighted by atomic mass is 10.3. The molecule has 1 rings (SSSR count). The second-order valence-corrected chi connectivity index (χ2v) is 7.19. The fourth-order valence-electron chi connectivity index (χ4n) is 1.43. The predicted molar refractivity (Wildman–Crippen MR) is 87.2 cm³/mol. The van der Waals surface area contributed by atoms with E-state index in [0.29, 0.717) is 23.6 Å². The van der Waals surface area contributed by atoms with Gasteiger partial charge >= 0.3 is 0 Å². The van der Waals surface area contributed by atoms with Crippen molar-refractivity contribution < 1.29 is 4.79 Å². The number of hydrogen-bond acceptors (Lipinski definition) is 2. The summed E-state index contributed by atoms with van der Waals surface area (Å²) in [6.45, 7) is 1.88. The smallest absolute Gasteiger partial charge is 0.228 e. The summed E-state index contributed by atoms with van der Waals surface area (Å²) < 4.78 is -1.74. The number of carbonyl (C=O) groups is 1. The lowest BCUT2D eigenvalue weighted by molar-refractivity contribution is -0.121. The normalized spacial score (nSPS) is 12.9. The Morgan fingerprint density at radius 3 is 2.50 bits per heavy atom. The van der Waals surface area contributed by atoms with Crippen molar-refractivity contribution in [1.82, 2.24) is 5.32 Å². The minimum atomic E-state index is -1.74. The molecule has 20 heavy (non-hydrogen) atoms. The van der Waals surface area contributed by atoms with E-state index in [4.69, 9.17) is 58.0 Å². The minimum absolute atomic E-state index is 0.227. The van der Waals surface area contributed by atoms with Gasteiger partial charge < -0.3 is 10.6 Å². The van der Waals surface area contributed by atoms with Gasteiger partial charge in [-0.05, 0) is 18.6 Å². The maximum Gasteiger partial charge on any atom is 0.228 e. The highest BCUT2D eigenvalue weighted by atomic mass is 35.6. The van der Waals surface area contributed by atoms with Gasteiger partial charge in [-0.15, -0.1) is 0 Å². The van der Waals surface area contributed by atoms with Crippen molar-refractivity contribution >= 4 is 69.6 Å². The summed E-state index contributed by atoms with van der Waals surface area (Å²) >= 11 is 29.5. The van der Waals surface area contributed by atoms with Crippen LogP contribution in [0.2, 0.25) is 10.0 Å². The first-order valence-corrected chi connectivity index (χ1v) is 7.71. The van der Waals surface area contributed by atoms with E-state index in [1.165, 1.54) is 0 Å². The van der Waals surface area contributed by atoms with E-state index in [2.05, 4.69) is 10.6 Å². The van der Waals surface area contributed by atoms with Crippen LogP contribution in [0.15, 0.2) is 18.2 Å². The maximum absolute atomic E-state index is 11.7. The van der Waals surface area contributed by atoms with Gasteiger partial charge in [0.15, 0.2) is 0 Å². The van der Waals surface area contributed by atoms with Crippen molar-refractivity contribution in [2.75, 3.05) is 5.32 Å². The van der Waals surface area contributed by atoms with Crippen LogP contribution in [-0.4, -0.2) is 15.9 Å². The summed E-state index contributed by atoms with van der Waals surface area (Å²) in [7, 11) is 0. The molecule has 0 aliphatic carbocycles. The molecule has 112 valence electrons. The molecular formula is C12H13Cl5N2O. The SMILES string of the molecule is CCCC(=O)NC(Nc1cccc(Cl)c1Cl)C(Cl)(Cl)Cl. The monoisotopic (exact) mass is 376 g/mol. The fourth-order valence-corrected chi connectivity index (χ4v) is 2.11. The van der Waals surface area contributed by atoms with Crippen LogP contribution in [0, 0.1) is 0 Å². The Morgan fingerprint density at radius 2 is 1.95 bits per heavy atom. The summed E-state index contributed by atoms with van der Waals surface area (Å²) in [5, 5.41) is 6.13. The van der Waals surface area contributed by atoms with Gasteiger partial charge in [-0.2, -0.15) is 0 Å². The Balaban J connectivity index is 2.90. The molecule has 0 aliphatic heterocycles. The zero-order valence-corrected chi connectivity index (χ0v) is 14.3. The van der Waals surface area contributed by atoms with Crippen LogP contribution in [0.4, 0.5) is 5.69 Å². The lowest BCUT2D eigenvalue weighted by Gasteiger charge is -2.28. The van der Waals surface area contributed by atoms with Gasteiger partial charge in [0.25, 0.3) is 0 Å². The number of carbonyl (C=O) groups excluding carboxylic acids is 1. The molecule has 3 nitrogen and oxygen atoms in total. The number of alkyl halides is 3. The van der Waals surface area contributed by atoms with Crippen molar-refractivity contribution in [3.63, 3.8) is 0 Å². The quantitative estimate of drug-likeness (QED) is 0.558. The zero-order valence-electron chi connectivity index (χ0n) is 10.5. The van der Waals surface area contributed by atoms with E-state index in [1.807, 2.05) is 6.92 Å². The summed E-state index contributed by atoms with van der Waals surface area (Å²) in [6.07, 6.45) is 0.0981. The molecule has 2 N–H and O–H groups in total. The molecule has 0 aromatic heterocycles. The molecule has 0 radical (unpaired) electrons.